The van der Waals surface area contributed by atoms with Gasteiger partial charge in [0.05, 0.1) is 84.5 Å². The second-order valence-corrected chi connectivity index (χ2v) is 37.1. The van der Waals surface area contributed by atoms with Crippen LogP contribution in [0.2, 0.25) is 0 Å². The summed E-state index contributed by atoms with van der Waals surface area (Å²) in [6.45, 7) is 31.0. The van der Waals surface area contributed by atoms with Crippen LogP contribution in [0.1, 0.15) is 249 Å². The van der Waals surface area contributed by atoms with Crippen LogP contribution in [0.5, 0.6) is 0 Å². The third-order valence-electron chi connectivity index (χ3n) is 29.8. The highest BCUT2D eigenvalue weighted by molar-refractivity contribution is 7.37. The topological polar surface area (TPSA) is 79.7 Å². The van der Waals surface area contributed by atoms with Crippen molar-refractivity contribution in [2.75, 3.05) is 19.6 Å². The van der Waals surface area contributed by atoms with E-state index < -0.39 is 0 Å². The SMILES string of the molecule is Cc1cccc2c1N1C(C)c3c(sc4sccc34)C1(C)C(C)(C)C2(C)C.Cc1ccccc1N1C(C)c2c(n(C)c3nccn23)C12C1CC3CC(C1)CC2C3.Cc1ccccc1N1C(C)c2c(n(C)c3nccn23)C12CCCC2.Cc1ccccc1N1C(C)c2c(n(C)c3nccn23)C12CCCCC2. The predicted molar refractivity (Wildman–Crippen MR) is 428 cm³/mol. The zero-order chi connectivity index (χ0) is 71.8. The van der Waals surface area contributed by atoms with Crippen molar-refractivity contribution >= 4 is 72.2 Å². The zero-order valence-corrected chi connectivity index (χ0v) is 66.1. The lowest BCUT2D eigenvalue weighted by Crippen LogP contribution is -2.62. The number of para-hydroxylation sites is 4. The van der Waals surface area contributed by atoms with E-state index in [-0.39, 0.29) is 33.0 Å². The third kappa shape index (κ3) is 8.46. The van der Waals surface area contributed by atoms with Crippen molar-refractivity contribution in [2.45, 2.75) is 232 Å². The second-order valence-electron chi connectivity index (χ2n) is 34.9. The molecule has 13 heterocycles. The largest absolute Gasteiger partial charge is 0.353 e. The lowest BCUT2D eigenvalue weighted by molar-refractivity contribution is -0.0629. The minimum Gasteiger partial charge on any atom is -0.353 e. The van der Waals surface area contributed by atoms with E-state index in [0.29, 0.717) is 24.2 Å². The molecule has 0 saturated heterocycles. The summed E-state index contributed by atoms with van der Waals surface area (Å²) in [5.41, 5.74) is 23.8. The molecular weight excluding hydrogens is 1320 g/mol. The Morgan fingerprint density at radius 2 is 0.865 bits per heavy atom. The number of fused-ring (bicyclic) bond motifs is 18. The molecule has 23 rings (SSSR count). The van der Waals surface area contributed by atoms with Crippen molar-refractivity contribution in [1.29, 1.82) is 0 Å². The molecule has 6 aliphatic carbocycles. The first-order chi connectivity index (χ1) is 50.0. The summed E-state index contributed by atoms with van der Waals surface area (Å²) in [6, 6.07) is 37.5. The lowest BCUT2D eigenvalue weighted by Gasteiger charge is -2.63. The lowest BCUT2D eigenvalue weighted by atomic mass is 9.47. The van der Waals surface area contributed by atoms with Crippen molar-refractivity contribution in [2.24, 2.45) is 50.2 Å². The van der Waals surface area contributed by atoms with Crippen molar-refractivity contribution in [3.8, 4) is 0 Å². The van der Waals surface area contributed by atoms with E-state index in [2.05, 4.69) is 289 Å². The van der Waals surface area contributed by atoms with E-state index in [0.717, 1.165) is 41.0 Å². The average molecular weight is 1420 g/mol. The van der Waals surface area contributed by atoms with Gasteiger partial charge in [-0.25, -0.2) is 15.0 Å². The predicted octanol–water partition coefficient (Wildman–Crippen LogP) is 21.7. The van der Waals surface area contributed by atoms with Crippen molar-refractivity contribution in [3.05, 3.63) is 212 Å². The summed E-state index contributed by atoms with van der Waals surface area (Å²) in [7, 11) is 6.66. The van der Waals surface area contributed by atoms with Crippen LogP contribution in [0.4, 0.5) is 22.7 Å². The number of hydrogen-bond acceptors (Lipinski definition) is 9. The molecule has 540 valence electrons. The van der Waals surface area contributed by atoms with Crippen LogP contribution < -0.4 is 19.6 Å². The van der Waals surface area contributed by atoms with Gasteiger partial charge >= 0.3 is 0 Å². The number of aryl methyl sites for hydroxylation is 7. The Labute approximate surface area is 623 Å². The summed E-state index contributed by atoms with van der Waals surface area (Å²) in [6.07, 6.45) is 30.9. The Kier molecular flexibility index (Phi) is 14.9. The standard InChI is InChI=1S/C25H30N4.C23H27NS2.C21H26N4.C20H24N4/c1-15-6-4-5-7-21(15)29-16(2)22-23(27(3)24-26-8-9-28(22)24)25(29)19-11-17-10-18(13-19)14-20(25)12-17;1-13-9-8-10-16-18(13)24-14(2)17-15-11-12-25-20(15)26-19(17)23(24,7)22(5,6)21(16,3)4;1-15-9-5-6-10-17(15)25-16(2)18-19(21(25)11-7-4-8-12-21)23(3)20-22-13-14-24(18)20;1-14-8-4-5-9-16(14)24-15(2)17-18(20(24)10-6-7-11-20)22(3)19-21-12-13-23(17)19/h4-9,16-20H,10-14H2,1-3H3;8-12,14H,1-7H3;5-6,9-10,13-14,16H,4,7-8,11-12H2,1-3H3;4-5,8-9,12-13,15H,6-7,10-11H2,1-3H3. The molecule has 11 aliphatic rings. The summed E-state index contributed by atoms with van der Waals surface area (Å²) >= 11 is 3.94. The fraction of sp³-hybridized carbons (Fsp3) is 0.494. The highest BCUT2D eigenvalue weighted by Crippen LogP contribution is 2.72. The molecule has 15 heteroatoms. The molecule has 3 spiro atoms. The van der Waals surface area contributed by atoms with Crippen LogP contribution in [-0.2, 0) is 48.7 Å². The Morgan fingerprint density at radius 1 is 0.442 bits per heavy atom. The van der Waals surface area contributed by atoms with E-state index in [1.807, 2.05) is 41.3 Å². The maximum Gasteiger partial charge on any atom is 0.214 e. The molecule has 12 aromatic rings. The van der Waals surface area contributed by atoms with Gasteiger partial charge in [-0.2, -0.15) is 0 Å². The molecule has 5 aliphatic heterocycles. The van der Waals surface area contributed by atoms with Gasteiger partial charge in [-0.05, 0) is 212 Å². The molecule has 6 fully saturated rings. The van der Waals surface area contributed by atoms with Gasteiger partial charge in [0.25, 0.3) is 0 Å². The summed E-state index contributed by atoms with van der Waals surface area (Å²) in [5.74, 6) is 6.71. The number of aromatic nitrogens is 9. The molecule has 6 saturated carbocycles. The van der Waals surface area contributed by atoms with Crippen LogP contribution >= 0.6 is 22.7 Å². The minimum absolute atomic E-state index is 0.00771. The van der Waals surface area contributed by atoms with Crippen LogP contribution in [0, 0.1) is 56.8 Å². The Bertz CT molecular complexity index is 5350. The summed E-state index contributed by atoms with van der Waals surface area (Å²) < 4.78 is 15.6. The van der Waals surface area contributed by atoms with Gasteiger partial charge in [-0.15, -0.1) is 22.7 Å². The smallest absolute Gasteiger partial charge is 0.214 e. The number of anilines is 4. The minimum atomic E-state index is 0.00771. The van der Waals surface area contributed by atoms with E-state index >= 15 is 0 Å². The monoisotopic (exact) mass is 1420 g/mol. The van der Waals surface area contributed by atoms with Crippen LogP contribution in [0.3, 0.4) is 0 Å². The van der Waals surface area contributed by atoms with Crippen LogP contribution in [0.15, 0.2) is 140 Å². The third-order valence-corrected chi connectivity index (χ3v) is 32.3. The Balaban J connectivity index is 0.0000000957. The fourth-order valence-electron chi connectivity index (χ4n) is 25.1. The van der Waals surface area contributed by atoms with Crippen molar-refractivity contribution in [3.63, 3.8) is 0 Å². The van der Waals surface area contributed by atoms with Crippen molar-refractivity contribution < 1.29 is 0 Å². The first-order valence-corrected chi connectivity index (χ1v) is 41.2. The Hall–Kier alpha value is -8.01. The summed E-state index contributed by atoms with van der Waals surface area (Å²) in [5, 5.41) is 3.74. The number of hydrogen-bond donors (Lipinski definition) is 0. The number of imidazole rings is 6. The zero-order valence-electron chi connectivity index (χ0n) is 64.4. The molecular formula is C89H107N13S2. The molecule has 104 heavy (non-hydrogen) atoms. The molecule has 8 aromatic heterocycles. The van der Waals surface area contributed by atoms with Gasteiger partial charge < -0.3 is 33.3 Å². The van der Waals surface area contributed by atoms with Crippen molar-refractivity contribution in [1.82, 2.24) is 41.9 Å². The summed E-state index contributed by atoms with van der Waals surface area (Å²) in [4.78, 5) is 26.6. The van der Waals surface area contributed by atoms with Gasteiger partial charge in [0.2, 0.25) is 17.3 Å². The second kappa shape index (κ2) is 23.2. The van der Waals surface area contributed by atoms with Gasteiger partial charge in [0, 0.05) is 96.8 Å². The highest BCUT2D eigenvalue weighted by Gasteiger charge is 2.68. The maximum absolute atomic E-state index is 4.73. The Morgan fingerprint density at radius 3 is 1.35 bits per heavy atom. The van der Waals surface area contributed by atoms with Crippen LogP contribution in [-0.4, -0.2) is 41.9 Å². The normalized spacial score (nSPS) is 27.8. The van der Waals surface area contributed by atoms with Gasteiger partial charge in [0.1, 0.15) is 0 Å². The fourth-order valence-corrected chi connectivity index (χ4v) is 27.8. The molecule has 5 atom stereocenters. The number of rotatable bonds is 3. The molecule has 5 unspecified atom stereocenters. The van der Waals surface area contributed by atoms with Gasteiger partial charge in [-0.3, -0.25) is 13.2 Å². The van der Waals surface area contributed by atoms with E-state index in [1.54, 1.807) is 16.1 Å². The molecule has 0 radical (unpaired) electrons. The highest BCUT2D eigenvalue weighted by atomic mass is 32.2. The molecule has 0 amide bonds. The molecule has 4 bridgehead atoms. The molecule has 0 N–H and O–H groups in total. The first-order valence-electron chi connectivity index (χ1n) is 39.6. The maximum atomic E-state index is 4.73. The molecule has 13 nitrogen and oxygen atoms in total. The number of nitrogens with zero attached hydrogens (tertiary/aromatic N) is 13. The number of benzene rings is 4. The van der Waals surface area contributed by atoms with E-state index in [4.69, 9.17) is 4.98 Å². The van der Waals surface area contributed by atoms with Gasteiger partial charge in [-0.1, -0.05) is 133 Å². The van der Waals surface area contributed by atoms with Gasteiger partial charge in [0.15, 0.2) is 0 Å². The average Bonchev–Trinajstić information content (AvgIpc) is 1.47. The quantitative estimate of drug-likeness (QED) is 0.174. The van der Waals surface area contributed by atoms with E-state index in [1.165, 1.54) is 178 Å². The van der Waals surface area contributed by atoms with E-state index in [9.17, 15) is 0 Å². The first kappa shape index (κ1) is 66.7. The number of thiophene rings is 2. The molecule has 4 aromatic carbocycles. The van der Waals surface area contributed by atoms with Crippen LogP contribution in [0.25, 0.3) is 26.7 Å².